The Bertz CT molecular complexity index is 560. The molecular weight excluding hydrogens is 264 g/mol. The molecule has 0 aliphatic heterocycles. The van der Waals surface area contributed by atoms with Crippen LogP contribution in [0.3, 0.4) is 0 Å². The topological polar surface area (TPSA) is 33.2 Å². The predicted molar refractivity (Wildman–Crippen MR) is 75.8 cm³/mol. The van der Waals surface area contributed by atoms with Crippen LogP contribution in [-0.2, 0) is 12.8 Å². The summed E-state index contributed by atoms with van der Waals surface area (Å²) in [5.74, 6) is 0.0735. The van der Waals surface area contributed by atoms with E-state index in [1.807, 2.05) is 10.8 Å². The van der Waals surface area contributed by atoms with Gasteiger partial charge in [0.1, 0.15) is 0 Å². The Morgan fingerprint density at radius 3 is 2.94 bits per heavy atom. The number of nitrogens with zero attached hydrogens (tertiary/aromatic N) is 2. The lowest BCUT2D eigenvalue weighted by Crippen LogP contribution is -2.26. The first-order chi connectivity index (χ1) is 8.77. The Morgan fingerprint density at radius 1 is 1.33 bits per heavy atom. The van der Waals surface area contributed by atoms with Gasteiger partial charge in [0.25, 0.3) is 5.91 Å². The summed E-state index contributed by atoms with van der Waals surface area (Å²) in [5, 5.41) is 4.67. The van der Waals surface area contributed by atoms with Gasteiger partial charge >= 0.3 is 0 Å². The van der Waals surface area contributed by atoms with Gasteiger partial charge in [-0.15, -0.1) is 22.7 Å². The number of carbonyl (C=O) groups excluding carboxylic acids is 1. The van der Waals surface area contributed by atoms with Crippen molar-refractivity contribution in [1.82, 2.24) is 4.98 Å². The Morgan fingerprint density at radius 2 is 2.17 bits per heavy atom. The van der Waals surface area contributed by atoms with Gasteiger partial charge < -0.3 is 0 Å². The molecule has 0 N–H and O–H groups in total. The molecule has 3 nitrogen and oxygen atoms in total. The Labute approximate surface area is 114 Å². The molecule has 18 heavy (non-hydrogen) atoms. The van der Waals surface area contributed by atoms with Crippen LogP contribution in [0.5, 0.6) is 0 Å². The molecule has 1 aliphatic carbocycles. The third-order valence-electron chi connectivity index (χ3n) is 3.30. The molecule has 0 spiro atoms. The van der Waals surface area contributed by atoms with Crippen molar-refractivity contribution in [2.75, 3.05) is 11.9 Å². The highest BCUT2D eigenvalue weighted by Gasteiger charge is 2.23. The molecule has 94 valence electrons. The van der Waals surface area contributed by atoms with Gasteiger partial charge in [-0.1, -0.05) is 0 Å². The summed E-state index contributed by atoms with van der Waals surface area (Å²) < 4.78 is 0. The average Bonchev–Trinajstić information content (AvgIpc) is 3.06. The predicted octanol–water partition coefficient (Wildman–Crippen LogP) is 3.36. The van der Waals surface area contributed by atoms with Gasteiger partial charge in [-0.25, -0.2) is 4.98 Å². The maximum absolute atomic E-state index is 12.5. The van der Waals surface area contributed by atoms with Crippen molar-refractivity contribution >= 4 is 33.7 Å². The van der Waals surface area contributed by atoms with Crippen molar-refractivity contribution < 1.29 is 4.79 Å². The quantitative estimate of drug-likeness (QED) is 0.844. The smallest absolute Gasteiger partial charge is 0.260 e. The first kappa shape index (κ1) is 11.9. The molecule has 2 heterocycles. The molecule has 2 aromatic rings. The van der Waals surface area contributed by atoms with E-state index < -0.39 is 0 Å². The number of rotatable bonds is 2. The minimum absolute atomic E-state index is 0.0735. The van der Waals surface area contributed by atoms with E-state index in [0.29, 0.717) is 0 Å². The van der Waals surface area contributed by atoms with Crippen LogP contribution in [0.4, 0.5) is 5.13 Å². The average molecular weight is 278 g/mol. The number of carbonyl (C=O) groups is 1. The van der Waals surface area contributed by atoms with Gasteiger partial charge in [-0.05, 0) is 31.2 Å². The van der Waals surface area contributed by atoms with Crippen LogP contribution < -0.4 is 4.90 Å². The maximum Gasteiger partial charge on any atom is 0.260 e. The van der Waals surface area contributed by atoms with E-state index in [0.717, 1.165) is 23.5 Å². The van der Waals surface area contributed by atoms with Crippen LogP contribution in [0.2, 0.25) is 0 Å². The van der Waals surface area contributed by atoms with E-state index in [1.165, 1.54) is 34.6 Å². The molecule has 0 aromatic carbocycles. The van der Waals surface area contributed by atoms with Gasteiger partial charge in [-0.2, -0.15) is 0 Å². The van der Waals surface area contributed by atoms with Gasteiger partial charge in [0.15, 0.2) is 5.13 Å². The maximum atomic E-state index is 12.5. The highest BCUT2D eigenvalue weighted by atomic mass is 32.1. The molecule has 2 aromatic heterocycles. The number of thiophene rings is 1. The number of anilines is 1. The van der Waals surface area contributed by atoms with Crippen molar-refractivity contribution in [3.8, 4) is 0 Å². The van der Waals surface area contributed by atoms with E-state index in [9.17, 15) is 4.79 Å². The first-order valence-corrected chi connectivity index (χ1v) is 7.80. The molecule has 0 unspecified atom stereocenters. The van der Waals surface area contributed by atoms with Crippen molar-refractivity contribution in [1.29, 1.82) is 0 Å². The van der Waals surface area contributed by atoms with Crippen LogP contribution in [-0.4, -0.2) is 17.9 Å². The highest BCUT2D eigenvalue weighted by molar-refractivity contribution is 7.13. The van der Waals surface area contributed by atoms with Gasteiger partial charge in [0.2, 0.25) is 0 Å². The zero-order chi connectivity index (χ0) is 12.5. The second kappa shape index (κ2) is 4.82. The van der Waals surface area contributed by atoms with Crippen LogP contribution in [0.15, 0.2) is 17.0 Å². The summed E-state index contributed by atoms with van der Waals surface area (Å²) >= 11 is 3.22. The van der Waals surface area contributed by atoms with Gasteiger partial charge in [-0.3, -0.25) is 9.69 Å². The number of hydrogen-bond acceptors (Lipinski definition) is 4. The molecule has 0 fully saturated rings. The minimum Gasteiger partial charge on any atom is -0.287 e. The zero-order valence-electron chi connectivity index (χ0n) is 10.2. The molecule has 0 saturated heterocycles. The lowest BCUT2D eigenvalue weighted by Gasteiger charge is -2.16. The normalized spacial score (nSPS) is 14.3. The van der Waals surface area contributed by atoms with E-state index in [4.69, 9.17) is 0 Å². The Hall–Kier alpha value is -1.20. The number of aryl methyl sites for hydroxylation is 1. The summed E-state index contributed by atoms with van der Waals surface area (Å²) in [5.41, 5.74) is 2.16. The molecule has 0 saturated carbocycles. The monoisotopic (exact) mass is 278 g/mol. The fourth-order valence-electron chi connectivity index (χ4n) is 2.32. The summed E-state index contributed by atoms with van der Waals surface area (Å²) in [4.78, 5) is 19.7. The largest absolute Gasteiger partial charge is 0.287 e. The fourth-order valence-corrected chi connectivity index (χ4v) is 4.05. The highest BCUT2D eigenvalue weighted by Crippen LogP contribution is 2.31. The van der Waals surface area contributed by atoms with Gasteiger partial charge in [0.05, 0.1) is 5.56 Å². The lowest BCUT2D eigenvalue weighted by atomic mass is 9.95. The number of fused-ring (bicyclic) bond motifs is 1. The SMILES string of the molecule is CN(C(=O)c1csc2c1CCCC2)c1nccs1. The molecule has 3 rings (SSSR count). The first-order valence-electron chi connectivity index (χ1n) is 6.04. The second-order valence-electron chi connectivity index (χ2n) is 4.44. The number of hydrogen-bond donors (Lipinski definition) is 0. The van der Waals surface area contributed by atoms with E-state index in [2.05, 4.69) is 4.98 Å². The summed E-state index contributed by atoms with van der Waals surface area (Å²) in [7, 11) is 1.80. The molecule has 0 radical (unpaired) electrons. The second-order valence-corrected chi connectivity index (χ2v) is 6.27. The van der Waals surface area contributed by atoms with Crippen molar-refractivity contribution in [3.63, 3.8) is 0 Å². The zero-order valence-corrected chi connectivity index (χ0v) is 11.8. The van der Waals surface area contributed by atoms with Crippen molar-refractivity contribution in [3.05, 3.63) is 33.0 Å². The van der Waals surface area contributed by atoms with Crippen LogP contribution in [0, 0.1) is 0 Å². The van der Waals surface area contributed by atoms with E-state index in [-0.39, 0.29) is 5.91 Å². The summed E-state index contributed by atoms with van der Waals surface area (Å²) in [6.45, 7) is 0. The molecule has 5 heteroatoms. The van der Waals surface area contributed by atoms with Gasteiger partial charge in [0, 0.05) is 28.9 Å². The van der Waals surface area contributed by atoms with E-state index in [1.54, 1.807) is 29.5 Å². The van der Waals surface area contributed by atoms with E-state index >= 15 is 0 Å². The number of thiazole rings is 1. The molecule has 1 aliphatic rings. The third kappa shape index (κ3) is 1.97. The number of aromatic nitrogens is 1. The number of amides is 1. The minimum atomic E-state index is 0.0735. The van der Waals surface area contributed by atoms with Crippen molar-refractivity contribution in [2.24, 2.45) is 0 Å². The standard InChI is InChI=1S/C13H14N2OS2/c1-15(13-14-6-7-17-13)12(16)10-8-18-11-5-3-2-4-9(10)11/h6-8H,2-5H2,1H3. The van der Waals surface area contributed by atoms with Crippen LogP contribution >= 0.6 is 22.7 Å². The molecule has 0 bridgehead atoms. The Kier molecular flexibility index (Phi) is 3.18. The summed E-state index contributed by atoms with van der Waals surface area (Å²) in [6, 6.07) is 0. The fraction of sp³-hybridized carbons (Fsp3) is 0.385. The lowest BCUT2D eigenvalue weighted by molar-refractivity contribution is 0.0992. The van der Waals surface area contributed by atoms with Crippen LogP contribution in [0.25, 0.3) is 0 Å². The Balaban J connectivity index is 1.91. The molecular formula is C13H14N2OS2. The molecule has 0 atom stereocenters. The summed E-state index contributed by atoms with van der Waals surface area (Å²) in [6.07, 6.45) is 6.36. The van der Waals surface area contributed by atoms with Crippen LogP contribution in [0.1, 0.15) is 33.6 Å². The third-order valence-corrected chi connectivity index (χ3v) is 5.24. The van der Waals surface area contributed by atoms with Crippen molar-refractivity contribution in [2.45, 2.75) is 25.7 Å². The molecule has 1 amide bonds.